The molecule has 0 heterocycles. The van der Waals surface area contributed by atoms with Gasteiger partial charge < -0.3 is 4.74 Å². The molecule has 0 amide bonds. The Bertz CT molecular complexity index is 624. The van der Waals surface area contributed by atoms with Gasteiger partial charge in [0.25, 0.3) is 0 Å². The van der Waals surface area contributed by atoms with Crippen LogP contribution in [0.4, 0.5) is 13.2 Å². The van der Waals surface area contributed by atoms with Crippen molar-refractivity contribution < 1.29 is 17.9 Å². The van der Waals surface area contributed by atoms with E-state index in [4.69, 9.17) is 27.9 Å². The first-order chi connectivity index (χ1) is 9.82. The van der Waals surface area contributed by atoms with Crippen molar-refractivity contribution in [2.24, 2.45) is 0 Å². The van der Waals surface area contributed by atoms with Crippen LogP contribution in [0.2, 0.25) is 5.02 Å². The van der Waals surface area contributed by atoms with E-state index in [9.17, 15) is 13.2 Å². The highest BCUT2D eigenvalue weighted by Crippen LogP contribution is 2.38. The molecule has 0 spiro atoms. The first-order valence-electron chi connectivity index (χ1n) is 5.97. The Morgan fingerprint density at radius 2 is 1.67 bits per heavy atom. The molecule has 0 aromatic heterocycles. The Labute approximate surface area is 130 Å². The minimum atomic E-state index is -4.37. The van der Waals surface area contributed by atoms with Gasteiger partial charge in [0, 0.05) is 10.6 Å². The van der Waals surface area contributed by atoms with Gasteiger partial charge in [-0.05, 0) is 35.9 Å². The van der Waals surface area contributed by atoms with E-state index >= 15 is 0 Å². The lowest BCUT2D eigenvalue weighted by atomic mass is 10.0. The standard InChI is InChI=1S/C15H11Cl2F3O/c1-21-13-7-6-11(16)8-12(13)14(17)9-2-4-10(5-3-9)15(18,19)20/h2-8,14H,1H3. The fraction of sp³-hybridized carbons (Fsp3) is 0.200. The maximum atomic E-state index is 12.5. The van der Waals surface area contributed by atoms with E-state index in [-0.39, 0.29) is 0 Å². The Balaban J connectivity index is 2.36. The van der Waals surface area contributed by atoms with Crippen LogP contribution in [0.15, 0.2) is 42.5 Å². The summed E-state index contributed by atoms with van der Waals surface area (Å²) in [5.41, 5.74) is 0.421. The summed E-state index contributed by atoms with van der Waals surface area (Å²) in [6.45, 7) is 0. The number of methoxy groups -OCH3 is 1. The minimum Gasteiger partial charge on any atom is -0.496 e. The zero-order valence-electron chi connectivity index (χ0n) is 10.9. The van der Waals surface area contributed by atoms with Gasteiger partial charge in [-0.25, -0.2) is 0 Å². The quantitative estimate of drug-likeness (QED) is 0.654. The molecule has 0 saturated heterocycles. The number of alkyl halides is 4. The van der Waals surface area contributed by atoms with Crippen LogP contribution in [0.5, 0.6) is 5.75 Å². The third-order valence-electron chi connectivity index (χ3n) is 3.00. The maximum Gasteiger partial charge on any atom is 0.416 e. The highest BCUT2D eigenvalue weighted by atomic mass is 35.5. The molecule has 1 unspecified atom stereocenters. The van der Waals surface area contributed by atoms with Gasteiger partial charge in [-0.15, -0.1) is 11.6 Å². The van der Waals surface area contributed by atoms with Crippen LogP contribution >= 0.6 is 23.2 Å². The van der Waals surface area contributed by atoms with Crippen LogP contribution < -0.4 is 4.74 Å². The number of rotatable bonds is 3. The molecule has 0 aliphatic carbocycles. The molecule has 0 aliphatic rings. The number of halogens is 5. The Kier molecular flexibility index (Phi) is 4.69. The molecule has 0 bridgehead atoms. The summed E-state index contributed by atoms with van der Waals surface area (Å²) in [4.78, 5) is 0. The molecular formula is C15H11Cl2F3O. The van der Waals surface area contributed by atoms with Gasteiger partial charge in [-0.3, -0.25) is 0 Å². The van der Waals surface area contributed by atoms with Crippen LogP contribution in [0, 0.1) is 0 Å². The average Bonchev–Trinajstić information content (AvgIpc) is 2.45. The fourth-order valence-corrected chi connectivity index (χ4v) is 2.42. The highest BCUT2D eigenvalue weighted by molar-refractivity contribution is 6.31. The lowest BCUT2D eigenvalue weighted by Crippen LogP contribution is -2.05. The Morgan fingerprint density at radius 1 is 1.05 bits per heavy atom. The molecule has 2 aromatic rings. The molecule has 0 fully saturated rings. The SMILES string of the molecule is COc1ccc(Cl)cc1C(Cl)c1ccc(C(F)(F)F)cc1. The Hall–Kier alpha value is -1.39. The second-order valence-electron chi connectivity index (χ2n) is 4.37. The summed E-state index contributed by atoms with van der Waals surface area (Å²) in [5.74, 6) is 0.527. The van der Waals surface area contributed by atoms with Crippen molar-refractivity contribution in [2.75, 3.05) is 7.11 Å². The number of benzene rings is 2. The van der Waals surface area contributed by atoms with E-state index in [1.807, 2.05) is 0 Å². The molecule has 6 heteroatoms. The monoisotopic (exact) mass is 334 g/mol. The van der Waals surface area contributed by atoms with Gasteiger partial charge >= 0.3 is 6.18 Å². The summed E-state index contributed by atoms with van der Waals surface area (Å²) >= 11 is 12.3. The summed E-state index contributed by atoms with van der Waals surface area (Å²) in [5, 5.41) is -0.177. The van der Waals surface area contributed by atoms with Crippen molar-refractivity contribution in [1.29, 1.82) is 0 Å². The van der Waals surface area contributed by atoms with E-state index < -0.39 is 17.1 Å². The van der Waals surface area contributed by atoms with Crippen LogP contribution in [-0.2, 0) is 6.18 Å². The van der Waals surface area contributed by atoms with Gasteiger partial charge in [0.15, 0.2) is 0 Å². The molecule has 1 atom stereocenters. The molecule has 21 heavy (non-hydrogen) atoms. The van der Waals surface area contributed by atoms with Crippen LogP contribution in [-0.4, -0.2) is 7.11 Å². The molecule has 2 rings (SSSR count). The lowest BCUT2D eigenvalue weighted by Gasteiger charge is -2.15. The smallest absolute Gasteiger partial charge is 0.416 e. The molecule has 112 valence electrons. The topological polar surface area (TPSA) is 9.23 Å². The molecular weight excluding hydrogens is 324 g/mol. The van der Waals surface area contributed by atoms with Gasteiger partial charge in [0.2, 0.25) is 0 Å². The minimum absolute atomic E-state index is 0.475. The first kappa shape index (κ1) is 16.0. The van der Waals surface area contributed by atoms with Gasteiger partial charge in [-0.1, -0.05) is 23.7 Å². The van der Waals surface area contributed by atoms with E-state index in [0.717, 1.165) is 12.1 Å². The van der Waals surface area contributed by atoms with Crippen LogP contribution in [0.3, 0.4) is 0 Å². The third-order valence-corrected chi connectivity index (χ3v) is 3.72. The maximum absolute atomic E-state index is 12.5. The van der Waals surface area contributed by atoms with E-state index in [2.05, 4.69) is 0 Å². The van der Waals surface area contributed by atoms with E-state index in [0.29, 0.717) is 21.9 Å². The summed E-state index contributed by atoms with van der Waals surface area (Å²) in [6.07, 6.45) is -4.37. The highest BCUT2D eigenvalue weighted by Gasteiger charge is 2.30. The van der Waals surface area contributed by atoms with E-state index in [1.54, 1.807) is 18.2 Å². The largest absolute Gasteiger partial charge is 0.496 e. The van der Waals surface area contributed by atoms with Crippen molar-refractivity contribution in [3.63, 3.8) is 0 Å². The van der Waals surface area contributed by atoms with Crippen molar-refractivity contribution in [3.05, 3.63) is 64.2 Å². The third kappa shape index (κ3) is 3.63. The average molecular weight is 335 g/mol. The van der Waals surface area contributed by atoms with Crippen molar-refractivity contribution in [3.8, 4) is 5.75 Å². The molecule has 0 radical (unpaired) electrons. The fourth-order valence-electron chi connectivity index (χ4n) is 1.92. The van der Waals surface area contributed by atoms with Crippen LogP contribution in [0.25, 0.3) is 0 Å². The van der Waals surface area contributed by atoms with Gasteiger partial charge in [0.05, 0.1) is 18.1 Å². The van der Waals surface area contributed by atoms with Crippen molar-refractivity contribution >= 4 is 23.2 Å². The second-order valence-corrected chi connectivity index (χ2v) is 5.24. The molecule has 2 aromatic carbocycles. The molecule has 1 nitrogen and oxygen atoms in total. The predicted molar refractivity (Wildman–Crippen MR) is 77.1 cm³/mol. The zero-order valence-corrected chi connectivity index (χ0v) is 12.4. The summed E-state index contributed by atoms with van der Waals surface area (Å²) in [7, 11) is 1.49. The second kappa shape index (κ2) is 6.16. The lowest BCUT2D eigenvalue weighted by molar-refractivity contribution is -0.137. The van der Waals surface area contributed by atoms with Crippen LogP contribution in [0.1, 0.15) is 22.1 Å². The predicted octanol–water partition coefficient (Wildman–Crippen LogP) is 5.70. The number of hydrogen-bond acceptors (Lipinski definition) is 1. The number of ether oxygens (including phenoxy) is 1. The summed E-state index contributed by atoms with van der Waals surface area (Å²) < 4.78 is 42.8. The van der Waals surface area contributed by atoms with Gasteiger partial charge in [0.1, 0.15) is 5.75 Å². The van der Waals surface area contributed by atoms with Crippen molar-refractivity contribution in [2.45, 2.75) is 11.6 Å². The Morgan fingerprint density at radius 3 is 2.19 bits per heavy atom. The van der Waals surface area contributed by atoms with Gasteiger partial charge in [-0.2, -0.15) is 13.2 Å². The summed E-state index contributed by atoms with van der Waals surface area (Å²) in [6, 6.07) is 9.65. The normalized spacial score (nSPS) is 13.0. The van der Waals surface area contributed by atoms with E-state index in [1.165, 1.54) is 19.2 Å². The zero-order chi connectivity index (χ0) is 15.6. The molecule has 0 N–H and O–H groups in total. The first-order valence-corrected chi connectivity index (χ1v) is 6.79. The molecule has 0 aliphatic heterocycles. The van der Waals surface area contributed by atoms with Crippen molar-refractivity contribution in [1.82, 2.24) is 0 Å². The number of hydrogen-bond donors (Lipinski definition) is 0. The molecule has 0 saturated carbocycles.